The summed E-state index contributed by atoms with van der Waals surface area (Å²) in [4.78, 5) is 64.6. The van der Waals surface area contributed by atoms with E-state index in [0.717, 1.165) is 23.8 Å². The summed E-state index contributed by atoms with van der Waals surface area (Å²) in [6.07, 6.45) is 5.60. The highest BCUT2D eigenvalue weighted by Gasteiger charge is 2.38. The minimum atomic E-state index is -1.42. The molecule has 4 amide bonds. The van der Waals surface area contributed by atoms with Gasteiger partial charge in [0.05, 0.1) is 12.5 Å². The quantitative estimate of drug-likeness (QED) is 0.148. The van der Waals surface area contributed by atoms with Crippen molar-refractivity contribution in [3.63, 3.8) is 0 Å². The second-order valence-electron chi connectivity index (χ2n) is 14.6. The zero-order valence-corrected chi connectivity index (χ0v) is 31.8. The molecule has 0 saturated heterocycles. The number of nitrogens with one attached hydrogen (secondary N) is 2. The van der Waals surface area contributed by atoms with Crippen LogP contribution in [0.2, 0.25) is 0 Å². The van der Waals surface area contributed by atoms with E-state index < -0.39 is 88.4 Å². The Morgan fingerprint density at radius 3 is 2.26 bits per heavy atom. The number of aromatic nitrogens is 1. The van der Waals surface area contributed by atoms with Crippen LogP contribution in [0.3, 0.4) is 0 Å². The number of nitrogens with zero attached hydrogens (tertiary/aromatic N) is 2. The van der Waals surface area contributed by atoms with Crippen molar-refractivity contribution in [1.29, 1.82) is 0 Å². The van der Waals surface area contributed by atoms with E-state index in [2.05, 4.69) is 10.6 Å². The maximum atomic E-state index is 15.1. The first-order valence-corrected chi connectivity index (χ1v) is 20.1. The van der Waals surface area contributed by atoms with E-state index in [-0.39, 0.29) is 31.7 Å². The highest BCUT2D eigenvalue weighted by Crippen LogP contribution is 2.41. The van der Waals surface area contributed by atoms with Crippen LogP contribution in [-0.2, 0) is 30.5 Å². The summed E-state index contributed by atoms with van der Waals surface area (Å²) in [6.45, 7) is 4.79. The number of carbonyl (C=O) groups excluding carboxylic acids is 4. The van der Waals surface area contributed by atoms with Crippen molar-refractivity contribution in [2.45, 2.75) is 58.7 Å². The molecule has 3 rings (SSSR count). The summed E-state index contributed by atoms with van der Waals surface area (Å²) in [7, 11) is -1.01. The lowest BCUT2D eigenvalue weighted by atomic mass is 9.82. The second-order valence-corrected chi connectivity index (χ2v) is 19.2. The predicted octanol–water partition coefficient (Wildman–Crippen LogP) is 5.08. The maximum absolute atomic E-state index is 15.1. The number of carboxylic acid groups (broad SMARTS) is 1. The molecule has 1 heterocycles. The SMILES string of the molecule is CC(C)(C)[C@H](c1cc(-c2cc(F)ccc2F)cn1Cc1ccccc1)N(CC[C@H](NC(=O)OCCS(C)(C)C)C(=O)NC(=O)CCC(=O)O)C(=O)CO. The van der Waals surface area contributed by atoms with E-state index >= 15 is 4.39 Å². The Hall–Kier alpha value is -4.76. The molecule has 0 bridgehead atoms. The third-order valence-corrected chi connectivity index (χ3v) is 9.65. The minimum absolute atomic E-state index is 0.00540. The smallest absolute Gasteiger partial charge is 0.407 e. The summed E-state index contributed by atoms with van der Waals surface area (Å²) >= 11 is 0. The molecule has 3 aromatic rings. The fourth-order valence-corrected chi connectivity index (χ4v) is 6.30. The van der Waals surface area contributed by atoms with E-state index in [4.69, 9.17) is 9.84 Å². The van der Waals surface area contributed by atoms with E-state index in [1.54, 1.807) is 12.3 Å². The first-order valence-electron chi connectivity index (χ1n) is 17.0. The third-order valence-electron chi connectivity index (χ3n) is 8.26. The predicted molar refractivity (Wildman–Crippen MR) is 199 cm³/mol. The van der Waals surface area contributed by atoms with Gasteiger partial charge in [-0.3, -0.25) is 24.5 Å². The van der Waals surface area contributed by atoms with E-state index in [0.29, 0.717) is 17.0 Å². The third kappa shape index (κ3) is 13.3. The molecule has 2 atom stereocenters. The summed E-state index contributed by atoms with van der Waals surface area (Å²) in [5.41, 5.74) is 0.983. The monoisotopic (exact) mass is 760 g/mol. The highest BCUT2D eigenvalue weighted by molar-refractivity contribution is 8.32. The summed E-state index contributed by atoms with van der Waals surface area (Å²) in [6, 6.07) is 11.9. The Labute approximate surface area is 310 Å². The van der Waals surface area contributed by atoms with Gasteiger partial charge in [-0.2, -0.15) is 0 Å². The van der Waals surface area contributed by atoms with E-state index in [1.165, 1.54) is 4.90 Å². The van der Waals surface area contributed by atoms with Gasteiger partial charge in [-0.25, -0.2) is 23.6 Å². The molecule has 1 aromatic heterocycles. The van der Waals surface area contributed by atoms with Gasteiger partial charge in [0.1, 0.15) is 30.9 Å². The lowest BCUT2D eigenvalue weighted by molar-refractivity contribution is -0.141. The number of halogens is 2. The summed E-state index contributed by atoms with van der Waals surface area (Å²) in [5.74, 6) is -4.47. The number of rotatable bonds is 17. The summed E-state index contributed by atoms with van der Waals surface area (Å²) < 4.78 is 36.6. The lowest BCUT2D eigenvalue weighted by Gasteiger charge is -2.41. The molecule has 53 heavy (non-hydrogen) atoms. The van der Waals surface area contributed by atoms with Crippen LogP contribution in [-0.4, -0.2) is 99.8 Å². The summed E-state index contributed by atoms with van der Waals surface area (Å²) in [5, 5.41) is 23.7. The zero-order chi connectivity index (χ0) is 39.5. The molecule has 0 unspecified atom stereocenters. The molecule has 290 valence electrons. The number of hydrogen-bond acceptors (Lipinski definition) is 7. The molecule has 0 fully saturated rings. The van der Waals surface area contributed by atoms with Gasteiger partial charge in [0, 0.05) is 48.3 Å². The lowest BCUT2D eigenvalue weighted by Crippen LogP contribution is -2.51. The standard InChI is InChI=1S/C38H50F2N4O8S/c1-38(2,3)35(31-20-26(28-21-27(39)12-13-29(28)40)23-43(31)22-25-10-8-7-9-11-25)44(33(47)24-45)17-16-30(36(50)42-32(46)14-15-34(48)49)41-37(51)52-18-19-53(4,5)6/h7-13,20-21,23,30,35,45H,14-19,22,24H2,1-6H3,(H,41,51)(H,48,49)(H,42,46,50)/t30-,35-/m0/s1. The molecular weight excluding hydrogens is 711 g/mol. The Bertz CT molecular complexity index is 1750. The number of ether oxygens (including phenoxy) is 1. The maximum Gasteiger partial charge on any atom is 0.407 e. The van der Waals surface area contributed by atoms with Gasteiger partial charge < -0.3 is 29.7 Å². The normalized spacial score (nSPS) is 13.1. The van der Waals surface area contributed by atoms with Crippen molar-refractivity contribution < 1.29 is 47.7 Å². The number of aliphatic hydroxyl groups excluding tert-OH is 1. The Morgan fingerprint density at radius 1 is 0.981 bits per heavy atom. The molecule has 4 N–H and O–H groups in total. The van der Waals surface area contributed by atoms with Crippen molar-refractivity contribution in [3.8, 4) is 11.1 Å². The van der Waals surface area contributed by atoms with E-state index in [9.17, 15) is 33.5 Å². The first kappa shape index (κ1) is 42.7. The van der Waals surface area contributed by atoms with Crippen molar-refractivity contribution >= 4 is 39.8 Å². The molecule has 0 aliphatic rings. The average molecular weight is 761 g/mol. The van der Waals surface area contributed by atoms with Crippen LogP contribution in [0.1, 0.15) is 57.3 Å². The van der Waals surface area contributed by atoms with Crippen LogP contribution in [0.15, 0.2) is 60.8 Å². The Morgan fingerprint density at radius 2 is 1.66 bits per heavy atom. The highest BCUT2D eigenvalue weighted by atomic mass is 32.3. The van der Waals surface area contributed by atoms with Gasteiger partial charge in [0.15, 0.2) is 0 Å². The van der Waals surface area contributed by atoms with Crippen LogP contribution in [0.5, 0.6) is 0 Å². The minimum Gasteiger partial charge on any atom is -0.481 e. The number of alkyl carbamates (subject to hydrolysis) is 1. The van der Waals surface area contributed by atoms with Gasteiger partial charge in [-0.1, -0.05) is 51.1 Å². The Balaban J connectivity index is 2.05. The average Bonchev–Trinajstić information content (AvgIpc) is 3.46. The van der Waals surface area contributed by atoms with E-state index in [1.807, 2.05) is 74.4 Å². The Kier molecular flexibility index (Phi) is 15.2. The van der Waals surface area contributed by atoms with Gasteiger partial charge >= 0.3 is 12.1 Å². The van der Waals surface area contributed by atoms with Crippen LogP contribution in [0.4, 0.5) is 13.6 Å². The second kappa shape index (κ2) is 18.8. The van der Waals surface area contributed by atoms with Crippen LogP contribution in [0, 0.1) is 17.0 Å². The van der Waals surface area contributed by atoms with Crippen LogP contribution in [0.25, 0.3) is 11.1 Å². The number of hydrogen-bond donors (Lipinski definition) is 4. The molecule has 0 aliphatic carbocycles. The number of carbonyl (C=O) groups is 5. The van der Waals surface area contributed by atoms with Gasteiger partial charge in [-0.05, 0) is 60.4 Å². The molecular formula is C38H50F2N4O8S. The molecule has 0 radical (unpaired) electrons. The molecule has 15 heteroatoms. The fourth-order valence-electron chi connectivity index (χ4n) is 5.71. The van der Waals surface area contributed by atoms with Crippen LogP contribution >= 0.6 is 10.0 Å². The van der Waals surface area contributed by atoms with Crippen molar-refractivity contribution in [1.82, 2.24) is 20.1 Å². The first-order chi connectivity index (χ1) is 24.8. The number of imide groups is 1. The molecule has 0 spiro atoms. The molecule has 0 saturated carbocycles. The fraction of sp³-hybridized carbons (Fsp3) is 0.447. The van der Waals surface area contributed by atoms with Gasteiger partial charge in [-0.15, -0.1) is 0 Å². The zero-order valence-electron chi connectivity index (χ0n) is 31.0. The van der Waals surface area contributed by atoms with Gasteiger partial charge in [0.2, 0.25) is 17.7 Å². The van der Waals surface area contributed by atoms with Crippen molar-refractivity contribution in [2.75, 3.05) is 44.3 Å². The van der Waals surface area contributed by atoms with Crippen molar-refractivity contribution in [3.05, 3.63) is 83.7 Å². The molecule has 0 aliphatic heterocycles. The topological polar surface area (TPSA) is 167 Å². The van der Waals surface area contributed by atoms with Gasteiger partial charge in [0.25, 0.3) is 0 Å². The number of aliphatic carboxylic acids is 1. The molecule has 12 nitrogen and oxygen atoms in total. The molecule has 2 aromatic carbocycles. The van der Waals surface area contributed by atoms with Crippen LogP contribution < -0.4 is 10.6 Å². The number of aliphatic hydroxyl groups is 1. The van der Waals surface area contributed by atoms with Crippen molar-refractivity contribution in [2.24, 2.45) is 5.41 Å². The number of amides is 4. The number of benzene rings is 2. The largest absolute Gasteiger partial charge is 0.481 e. The number of carboxylic acids is 1.